The van der Waals surface area contributed by atoms with Crippen molar-refractivity contribution in [3.8, 4) is 11.5 Å². The van der Waals surface area contributed by atoms with E-state index in [9.17, 15) is 4.79 Å². The molecular formula is C19H25N3O3. The first kappa shape index (κ1) is 17.3. The van der Waals surface area contributed by atoms with Gasteiger partial charge in [0.05, 0.1) is 11.2 Å². The molecule has 6 nitrogen and oxygen atoms in total. The quantitative estimate of drug-likeness (QED) is 0.927. The number of benzene rings is 1. The topological polar surface area (TPSA) is 65.4 Å². The van der Waals surface area contributed by atoms with Crippen LogP contribution in [-0.2, 0) is 10.3 Å². The minimum Gasteiger partial charge on any atom is -0.486 e. The lowest BCUT2D eigenvalue weighted by Crippen LogP contribution is -2.44. The molecule has 1 aliphatic heterocycles. The SMILES string of the molecule is Cc1cc(C)n([C@H](C)C(=O)NC(C)(C)c2ccc3c(c2)OCCO3)n1. The number of carbonyl (C=O) groups is 1. The average Bonchev–Trinajstić information content (AvgIpc) is 2.91. The van der Waals surface area contributed by atoms with Crippen LogP contribution >= 0.6 is 0 Å². The Balaban J connectivity index is 1.78. The van der Waals surface area contributed by atoms with E-state index in [1.807, 2.05) is 58.9 Å². The predicted molar refractivity (Wildman–Crippen MR) is 95.0 cm³/mol. The van der Waals surface area contributed by atoms with Gasteiger partial charge in [-0.1, -0.05) is 6.07 Å². The van der Waals surface area contributed by atoms with Gasteiger partial charge in [-0.25, -0.2) is 0 Å². The van der Waals surface area contributed by atoms with E-state index in [2.05, 4.69) is 10.4 Å². The van der Waals surface area contributed by atoms with Crippen LogP contribution in [0.15, 0.2) is 24.3 Å². The van der Waals surface area contributed by atoms with Crippen molar-refractivity contribution < 1.29 is 14.3 Å². The Kier molecular flexibility index (Phi) is 4.45. The van der Waals surface area contributed by atoms with Gasteiger partial charge in [-0.05, 0) is 58.4 Å². The summed E-state index contributed by atoms with van der Waals surface area (Å²) in [7, 11) is 0. The monoisotopic (exact) mass is 343 g/mol. The molecule has 0 radical (unpaired) electrons. The molecule has 134 valence electrons. The number of fused-ring (bicyclic) bond motifs is 1. The number of amides is 1. The van der Waals surface area contributed by atoms with Gasteiger partial charge in [0.1, 0.15) is 19.3 Å². The van der Waals surface area contributed by atoms with Crippen molar-refractivity contribution in [1.82, 2.24) is 15.1 Å². The number of nitrogens with zero attached hydrogens (tertiary/aromatic N) is 2. The Morgan fingerprint density at radius 1 is 1.20 bits per heavy atom. The summed E-state index contributed by atoms with van der Waals surface area (Å²) in [6, 6.07) is 7.37. The van der Waals surface area contributed by atoms with E-state index in [1.54, 1.807) is 4.68 Å². The zero-order chi connectivity index (χ0) is 18.2. The highest BCUT2D eigenvalue weighted by Gasteiger charge is 2.28. The lowest BCUT2D eigenvalue weighted by atomic mass is 9.93. The van der Waals surface area contributed by atoms with Crippen LogP contribution in [0.4, 0.5) is 0 Å². The van der Waals surface area contributed by atoms with E-state index in [0.29, 0.717) is 13.2 Å². The molecule has 2 heterocycles. The molecule has 1 aromatic carbocycles. The van der Waals surface area contributed by atoms with Gasteiger partial charge in [-0.3, -0.25) is 9.48 Å². The highest BCUT2D eigenvalue weighted by Crippen LogP contribution is 2.34. The maximum absolute atomic E-state index is 12.8. The molecule has 0 saturated heterocycles. The number of aryl methyl sites for hydroxylation is 2. The van der Waals surface area contributed by atoms with Crippen LogP contribution in [-0.4, -0.2) is 28.9 Å². The van der Waals surface area contributed by atoms with E-state index in [1.165, 1.54) is 0 Å². The fraction of sp³-hybridized carbons (Fsp3) is 0.474. The predicted octanol–water partition coefficient (Wildman–Crippen LogP) is 2.88. The van der Waals surface area contributed by atoms with Crippen LogP contribution in [0.2, 0.25) is 0 Å². The van der Waals surface area contributed by atoms with Crippen LogP contribution in [0.5, 0.6) is 11.5 Å². The smallest absolute Gasteiger partial charge is 0.245 e. The molecule has 0 fully saturated rings. The van der Waals surface area contributed by atoms with Gasteiger partial charge in [-0.15, -0.1) is 0 Å². The fourth-order valence-electron chi connectivity index (χ4n) is 3.07. The molecule has 1 atom stereocenters. The standard InChI is InChI=1S/C19H25N3O3/c1-12-10-13(2)22(21-12)14(3)18(23)20-19(4,5)15-6-7-16-17(11-15)25-9-8-24-16/h6-7,10-11,14H,8-9H2,1-5H3,(H,20,23)/t14-/m1/s1. The van der Waals surface area contributed by atoms with Crippen LogP contribution in [0.25, 0.3) is 0 Å². The summed E-state index contributed by atoms with van der Waals surface area (Å²) in [5.74, 6) is 1.39. The number of nitrogens with one attached hydrogen (secondary N) is 1. The summed E-state index contributed by atoms with van der Waals surface area (Å²) in [6.07, 6.45) is 0. The Labute approximate surface area is 148 Å². The highest BCUT2D eigenvalue weighted by atomic mass is 16.6. The summed E-state index contributed by atoms with van der Waals surface area (Å²) in [5.41, 5.74) is 2.29. The van der Waals surface area contributed by atoms with Gasteiger partial charge < -0.3 is 14.8 Å². The Hall–Kier alpha value is -2.50. The molecule has 0 saturated carbocycles. The molecule has 3 rings (SSSR count). The lowest BCUT2D eigenvalue weighted by Gasteiger charge is -2.30. The van der Waals surface area contributed by atoms with Gasteiger partial charge in [0, 0.05) is 5.69 Å². The number of hydrogen-bond acceptors (Lipinski definition) is 4. The zero-order valence-corrected chi connectivity index (χ0v) is 15.4. The van der Waals surface area contributed by atoms with E-state index in [4.69, 9.17) is 9.47 Å². The second-order valence-electron chi connectivity index (χ2n) is 7.02. The molecule has 0 spiro atoms. The molecule has 2 aromatic rings. The summed E-state index contributed by atoms with van der Waals surface area (Å²) in [5, 5.41) is 7.53. The third-order valence-corrected chi connectivity index (χ3v) is 4.49. The Morgan fingerprint density at radius 3 is 2.52 bits per heavy atom. The minimum absolute atomic E-state index is 0.0777. The lowest BCUT2D eigenvalue weighted by molar-refractivity contribution is -0.125. The van der Waals surface area contributed by atoms with Crippen LogP contribution in [0.1, 0.15) is 43.8 Å². The van der Waals surface area contributed by atoms with Crippen molar-refractivity contribution in [2.24, 2.45) is 0 Å². The van der Waals surface area contributed by atoms with Crippen molar-refractivity contribution in [1.29, 1.82) is 0 Å². The highest BCUT2D eigenvalue weighted by molar-refractivity contribution is 5.80. The van der Waals surface area contributed by atoms with Gasteiger partial charge in [0.2, 0.25) is 5.91 Å². The summed E-state index contributed by atoms with van der Waals surface area (Å²) in [6.45, 7) is 10.8. The van der Waals surface area contributed by atoms with E-state index in [-0.39, 0.29) is 11.9 Å². The molecule has 1 N–H and O–H groups in total. The third kappa shape index (κ3) is 3.48. The van der Waals surface area contributed by atoms with Gasteiger partial charge in [0.15, 0.2) is 11.5 Å². The van der Waals surface area contributed by atoms with Crippen molar-refractivity contribution in [3.05, 3.63) is 41.2 Å². The van der Waals surface area contributed by atoms with E-state index in [0.717, 1.165) is 28.5 Å². The largest absolute Gasteiger partial charge is 0.486 e. The molecule has 6 heteroatoms. The van der Waals surface area contributed by atoms with Crippen molar-refractivity contribution in [2.75, 3.05) is 13.2 Å². The van der Waals surface area contributed by atoms with Crippen molar-refractivity contribution in [2.45, 2.75) is 46.2 Å². The summed E-state index contributed by atoms with van der Waals surface area (Å²) >= 11 is 0. The molecule has 25 heavy (non-hydrogen) atoms. The Morgan fingerprint density at radius 2 is 1.88 bits per heavy atom. The maximum atomic E-state index is 12.8. The first-order valence-corrected chi connectivity index (χ1v) is 8.53. The molecule has 0 aliphatic carbocycles. The summed E-state index contributed by atoms with van der Waals surface area (Å²) < 4.78 is 13.0. The molecular weight excluding hydrogens is 318 g/mol. The molecule has 1 aliphatic rings. The minimum atomic E-state index is -0.544. The third-order valence-electron chi connectivity index (χ3n) is 4.49. The van der Waals surface area contributed by atoms with Gasteiger partial charge in [-0.2, -0.15) is 5.10 Å². The first-order chi connectivity index (χ1) is 11.8. The van der Waals surface area contributed by atoms with E-state index >= 15 is 0 Å². The molecule has 1 amide bonds. The number of carbonyl (C=O) groups excluding carboxylic acids is 1. The maximum Gasteiger partial charge on any atom is 0.245 e. The average molecular weight is 343 g/mol. The number of ether oxygens (including phenoxy) is 2. The fourth-order valence-corrected chi connectivity index (χ4v) is 3.07. The van der Waals surface area contributed by atoms with Crippen molar-refractivity contribution in [3.63, 3.8) is 0 Å². The van der Waals surface area contributed by atoms with E-state index < -0.39 is 5.54 Å². The van der Waals surface area contributed by atoms with Crippen LogP contribution in [0.3, 0.4) is 0 Å². The molecule has 0 unspecified atom stereocenters. The van der Waals surface area contributed by atoms with Crippen LogP contribution in [0, 0.1) is 13.8 Å². The number of aromatic nitrogens is 2. The number of rotatable bonds is 4. The van der Waals surface area contributed by atoms with Gasteiger partial charge in [0.25, 0.3) is 0 Å². The van der Waals surface area contributed by atoms with Crippen molar-refractivity contribution >= 4 is 5.91 Å². The first-order valence-electron chi connectivity index (χ1n) is 8.53. The Bertz CT molecular complexity index is 795. The normalized spacial score (nSPS) is 14.9. The second kappa shape index (κ2) is 6.43. The van der Waals surface area contributed by atoms with Gasteiger partial charge >= 0.3 is 0 Å². The zero-order valence-electron chi connectivity index (χ0n) is 15.4. The summed E-state index contributed by atoms with van der Waals surface area (Å²) in [4.78, 5) is 12.8. The second-order valence-corrected chi connectivity index (χ2v) is 7.02. The molecule has 0 bridgehead atoms. The number of hydrogen-bond donors (Lipinski definition) is 1. The van der Waals surface area contributed by atoms with Crippen LogP contribution < -0.4 is 14.8 Å². The molecule has 1 aromatic heterocycles.